The molecule has 6 atom stereocenters. The van der Waals surface area contributed by atoms with E-state index in [1.807, 2.05) is 6.92 Å². The Hall–Kier alpha value is -2.38. The zero-order valence-electron chi connectivity index (χ0n) is 31.3. The summed E-state index contributed by atoms with van der Waals surface area (Å²) in [5, 5.41) is 11.6. The first kappa shape index (κ1) is 38.3. The van der Waals surface area contributed by atoms with Crippen LogP contribution >= 0.6 is 10.6 Å². The number of carbonyl (C=O) groups is 5. The van der Waals surface area contributed by atoms with Crippen molar-refractivity contribution in [2.24, 2.45) is 22.7 Å². The van der Waals surface area contributed by atoms with Gasteiger partial charge in [0.1, 0.15) is 12.1 Å². The molecule has 6 aliphatic rings. The SMILES string of the molecule is CCCCC(NC(=O)C1C2C(CN1C(=O)C(NC(=O)NC1(C3CCCS3(O)O)CCCCC1)C1(C)CCCCC1)C2(C)C)C(=O)C(=O)NC1CC1. The smallest absolute Gasteiger partial charge is 0.315 e. The van der Waals surface area contributed by atoms with Crippen molar-refractivity contribution in [3.8, 4) is 0 Å². The molecule has 0 bridgehead atoms. The van der Waals surface area contributed by atoms with Crippen molar-refractivity contribution in [1.82, 2.24) is 26.2 Å². The minimum Gasteiger partial charge on any atom is -0.347 e. The van der Waals surface area contributed by atoms with Crippen LogP contribution in [-0.2, 0) is 19.2 Å². The molecule has 2 aliphatic heterocycles. The van der Waals surface area contributed by atoms with E-state index in [0.717, 1.165) is 70.6 Å². The number of likely N-dealkylation sites (tertiary alicyclic amines) is 1. The van der Waals surface area contributed by atoms with E-state index in [2.05, 4.69) is 42.0 Å². The van der Waals surface area contributed by atoms with E-state index in [-0.39, 0.29) is 29.2 Å². The van der Waals surface area contributed by atoms with Crippen molar-refractivity contribution in [2.45, 2.75) is 172 Å². The molecule has 4 aliphatic carbocycles. The molecule has 0 spiro atoms. The molecular weight excluding hydrogens is 671 g/mol. The van der Waals surface area contributed by atoms with Crippen LogP contribution in [0.5, 0.6) is 0 Å². The molecule has 51 heavy (non-hydrogen) atoms. The van der Waals surface area contributed by atoms with Crippen molar-refractivity contribution in [3.63, 3.8) is 0 Å². The molecule has 6 unspecified atom stereocenters. The average Bonchev–Trinajstić information content (AvgIpc) is 3.87. The minimum absolute atomic E-state index is 0.0185. The normalized spacial score (nSPS) is 31.7. The van der Waals surface area contributed by atoms with Gasteiger partial charge in [-0.1, -0.05) is 79.1 Å². The van der Waals surface area contributed by atoms with Crippen molar-refractivity contribution >= 4 is 40.1 Å². The van der Waals surface area contributed by atoms with E-state index in [9.17, 15) is 33.1 Å². The fraction of sp³-hybridized carbons (Fsp3) is 0.868. The van der Waals surface area contributed by atoms with E-state index in [4.69, 9.17) is 0 Å². The summed E-state index contributed by atoms with van der Waals surface area (Å²) < 4.78 is 22.1. The molecule has 6 rings (SSSR count). The van der Waals surface area contributed by atoms with Crippen LogP contribution in [0.3, 0.4) is 0 Å². The van der Waals surface area contributed by atoms with Gasteiger partial charge in [0, 0.05) is 18.3 Å². The number of hydrogen-bond acceptors (Lipinski definition) is 7. The number of carbonyl (C=O) groups excluding carboxylic acids is 5. The molecule has 0 aromatic heterocycles. The lowest BCUT2D eigenvalue weighted by Crippen LogP contribution is -2.65. The number of nitrogens with one attached hydrogen (secondary N) is 4. The Kier molecular flexibility index (Phi) is 11.1. The summed E-state index contributed by atoms with van der Waals surface area (Å²) in [5.41, 5.74) is -1.45. The predicted octanol–water partition coefficient (Wildman–Crippen LogP) is 5.25. The Morgan fingerprint density at radius 3 is 2.10 bits per heavy atom. The Morgan fingerprint density at radius 1 is 0.863 bits per heavy atom. The maximum Gasteiger partial charge on any atom is 0.315 e. The highest BCUT2D eigenvalue weighted by atomic mass is 32.3. The van der Waals surface area contributed by atoms with Crippen LogP contribution in [0.1, 0.15) is 137 Å². The minimum atomic E-state index is -2.85. The summed E-state index contributed by atoms with van der Waals surface area (Å²) in [6.07, 6.45) is 13.4. The number of nitrogens with zero attached hydrogens (tertiary/aromatic N) is 1. The van der Waals surface area contributed by atoms with Crippen molar-refractivity contribution in [3.05, 3.63) is 0 Å². The summed E-state index contributed by atoms with van der Waals surface area (Å²) in [7, 11) is -2.85. The first-order chi connectivity index (χ1) is 24.1. The van der Waals surface area contributed by atoms with Crippen LogP contribution in [0, 0.1) is 22.7 Å². The van der Waals surface area contributed by atoms with Gasteiger partial charge in [-0.25, -0.2) is 4.79 Å². The number of unbranched alkanes of at least 4 members (excludes halogenated alkanes) is 1. The number of hydrogen-bond donors (Lipinski definition) is 6. The van der Waals surface area contributed by atoms with E-state index >= 15 is 0 Å². The monoisotopic (exact) mass is 733 g/mol. The summed E-state index contributed by atoms with van der Waals surface area (Å²) in [6.45, 7) is 8.65. The molecule has 5 amide bonds. The van der Waals surface area contributed by atoms with Crippen LogP contribution in [0.15, 0.2) is 0 Å². The third-order valence-corrected chi connectivity index (χ3v) is 16.2. The Labute approximate surface area is 305 Å². The van der Waals surface area contributed by atoms with Gasteiger partial charge in [-0.2, -0.15) is 10.6 Å². The van der Waals surface area contributed by atoms with Gasteiger partial charge in [0.25, 0.3) is 5.91 Å². The van der Waals surface area contributed by atoms with Gasteiger partial charge in [0.2, 0.25) is 17.6 Å². The largest absolute Gasteiger partial charge is 0.347 e. The van der Waals surface area contributed by atoms with Crippen molar-refractivity contribution in [2.75, 3.05) is 12.3 Å². The maximum absolute atomic E-state index is 14.9. The molecule has 13 heteroatoms. The second-order valence-corrected chi connectivity index (χ2v) is 20.1. The standard InChI is InChI=1S/C38H63N5O7S/c1-5-6-14-26(30(44)33(46)39-24-16-17-24)40-32(45)29-28-25(36(28,2)3)23-43(29)34(47)31(37(4)18-9-7-10-19-37)41-35(48)42-38(20-11-8-12-21-38)27-15-13-22-51(27,49)50/h24-29,31,49-50H,5-23H2,1-4H3,(H,39,46)(H,40,45)(H2,41,42,48). The lowest BCUT2D eigenvalue weighted by molar-refractivity contribution is -0.146. The molecule has 0 radical (unpaired) electrons. The average molecular weight is 734 g/mol. The quantitative estimate of drug-likeness (QED) is 0.140. The number of amides is 5. The lowest BCUT2D eigenvalue weighted by Gasteiger charge is -2.50. The van der Waals surface area contributed by atoms with Gasteiger partial charge in [-0.05, 0) is 80.5 Å². The van der Waals surface area contributed by atoms with Crippen molar-refractivity contribution < 1.29 is 33.1 Å². The zero-order valence-corrected chi connectivity index (χ0v) is 32.1. The van der Waals surface area contributed by atoms with Gasteiger partial charge in [-0.15, -0.1) is 0 Å². The molecule has 6 fully saturated rings. The second kappa shape index (κ2) is 14.8. The lowest BCUT2D eigenvalue weighted by atomic mass is 9.70. The molecule has 4 saturated carbocycles. The van der Waals surface area contributed by atoms with E-state index in [0.29, 0.717) is 50.8 Å². The molecule has 2 heterocycles. The number of Topliss-reactive ketones (excluding diaryl/α,β-unsaturated/α-hetero) is 1. The van der Waals surface area contributed by atoms with Crippen LogP contribution in [-0.4, -0.2) is 90.8 Å². The number of rotatable bonds is 13. The molecule has 288 valence electrons. The van der Waals surface area contributed by atoms with Gasteiger partial charge in [0.15, 0.2) is 0 Å². The summed E-state index contributed by atoms with van der Waals surface area (Å²) in [6, 6.07) is -3.14. The van der Waals surface area contributed by atoms with E-state index in [1.54, 1.807) is 4.90 Å². The number of urea groups is 1. The highest BCUT2D eigenvalue weighted by molar-refractivity contribution is 8.25. The predicted molar refractivity (Wildman–Crippen MR) is 197 cm³/mol. The van der Waals surface area contributed by atoms with Gasteiger partial charge >= 0.3 is 6.03 Å². The zero-order chi connectivity index (χ0) is 36.8. The number of ketones is 1. The number of fused-ring (bicyclic) bond motifs is 1. The maximum atomic E-state index is 14.9. The Balaban J connectivity index is 1.24. The molecular formula is C38H63N5O7S. The first-order valence-corrected chi connectivity index (χ1v) is 21.7. The van der Waals surface area contributed by atoms with Crippen LogP contribution in [0.25, 0.3) is 0 Å². The third-order valence-electron chi connectivity index (χ3n) is 13.7. The van der Waals surface area contributed by atoms with Crippen LogP contribution in [0.4, 0.5) is 4.79 Å². The van der Waals surface area contributed by atoms with Crippen LogP contribution in [0.2, 0.25) is 0 Å². The molecule has 2 saturated heterocycles. The fourth-order valence-corrected chi connectivity index (χ4v) is 12.7. The van der Waals surface area contributed by atoms with Gasteiger partial charge in [0.05, 0.1) is 16.8 Å². The van der Waals surface area contributed by atoms with Crippen molar-refractivity contribution in [1.29, 1.82) is 0 Å². The van der Waals surface area contributed by atoms with Crippen LogP contribution < -0.4 is 21.3 Å². The fourth-order valence-electron chi connectivity index (χ4n) is 10.3. The molecule has 0 aromatic carbocycles. The summed E-state index contributed by atoms with van der Waals surface area (Å²) in [4.78, 5) is 71.1. The third kappa shape index (κ3) is 7.81. The molecule has 12 nitrogen and oxygen atoms in total. The van der Waals surface area contributed by atoms with E-state index < -0.39 is 68.5 Å². The molecule has 0 aromatic rings. The number of piperidine rings is 1. The highest BCUT2D eigenvalue weighted by Crippen LogP contribution is 2.65. The van der Waals surface area contributed by atoms with E-state index in [1.165, 1.54) is 0 Å². The topological polar surface area (TPSA) is 177 Å². The molecule has 6 N–H and O–H groups in total. The second-order valence-electron chi connectivity index (χ2n) is 17.7. The van der Waals surface area contributed by atoms with Gasteiger partial charge in [-0.3, -0.25) is 28.3 Å². The Bertz CT molecular complexity index is 1360. The highest BCUT2D eigenvalue weighted by Gasteiger charge is 2.70. The summed E-state index contributed by atoms with van der Waals surface area (Å²) in [5.74, 6) is -1.66. The summed E-state index contributed by atoms with van der Waals surface area (Å²) >= 11 is 0. The van der Waals surface area contributed by atoms with Gasteiger partial charge < -0.3 is 26.2 Å². The first-order valence-electron chi connectivity index (χ1n) is 19.9. The Morgan fingerprint density at radius 2 is 1.51 bits per heavy atom.